The van der Waals surface area contributed by atoms with Gasteiger partial charge in [-0.05, 0) is 194 Å². The van der Waals surface area contributed by atoms with E-state index in [-0.39, 0.29) is 159 Å². The van der Waals surface area contributed by atoms with E-state index in [0.717, 1.165) is 10.9 Å². The van der Waals surface area contributed by atoms with E-state index >= 15 is 33.6 Å². The fourth-order valence-electron chi connectivity index (χ4n) is 17.7. The van der Waals surface area contributed by atoms with E-state index in [9.17, 15) is 28.8 Å². The zero-order valence-corrected chi connectivity index (χ0v) is 78.2. The number of nitrogens with zero attached hydrogens (tertiary/aromatic N) is 2. The number of rotatable bonds is 55. The molecule has 8 aromatic rings. The van der Waals surface area contributed by atoms with E-state index in [0.29, 0.717) is 113 Å². The highest BCUT2D eigenvalue weighted by atomic mass is 16.2. The fourth-order valence-corrected chi connectivity index (χ4v) is 17.7. The lowest BCUT2D eigenvalue weighted by Crippen LogP contribution is -2.61. The van der Waals surface area contributed by atoms with Crippen LogP contribution >= 0.6 is 0 Å². The van der Waals surface area contributed by atoms with Gasteiger partial charge in [0.2, 0.25) is 76.8 Å². The van der Waals surface area contributed by atoms with E-state index in [1.165, 1.54) is 9.80 Å². The molecule has 10 rings (SSSR count). The molecule has 2 aliphatic heterocycles. The van der Waals surface area contributed by atoms with Gasteiger partial charge in [0.1, 0.15) is 72.5 Å². The van der Waals surface area contributed by atoms with Gasteiger partial charge in [-0.3, -0.25) is 73.1 Å². The largest absolute Gasteiger partial charge is 0.370 e. The molecular weight excluding hydrogens is 1740 g/mol. The van der Waals surface area contributed by atoms with Crippen molar-refractivity contribution in [1.29, 1.82) is 10.8 Å². The molecule has 0 spiro atoms. The Hall–Kier alpha value is -13.5. The number of unbranched alkanes of at least 4 members (excludes halogenated alkanes) is 3. The van der Waals surface area contributed by atoms with Crippen molar-refractivity contribution in [2.24, 2.45) is 52.0 Å². The van der Waals surface area contributed by atoms with Crippen LogP contribution in [0.15, 0.2) is 122 Å². The van der Waals surface area contributed by atoms with E-state index in [1.807, 2.05) is 119 Å². The SMILES string of the molecule is CC[C@H](C)[C@H](N)C(=O)N[C@@H](CC(C)C)C(=O)N[C@@H](CCCCN)C(=O)N[C@@H](CCCCN)C(=O)N[C@@H](Cc1c[nH]c2ccccc12)C(=O)N1CCC[C@H]1C(=O)N[C@@H](Cc1c[nH]c2ccccc12)C(=O)N[C@@H](Cc1c[nH]c2ccccc12)C(=O)N1CCC[C@H]1C(=O)N[C@@H](Cc1c[nH]c2ccccc12)C(=O)N[C@@H](CCCNC(=N)N)C(=O)N[C@@H](CCCNC(=N)N)C(=O)N[C@@H](CCCCN)C(N)=O. The zero-order valence-electron chi connectivity index (χ0n) is 78.2. The number of aromatic amines is 4. The van der Waals surface area contributed by atoms with Crippen LogP contribution in [0.5, 0.6) is 0 Å². The van der Waals surface area contributed by atoms with Gasteiger partial charge in [-0.1, -0.05) is 107 Å². The van der Waals surface area contributed by atoms with Gasteiger partial charge in [-0.25, -0.2) is 0 Å². The Balaban J connectivity index is 0.937. The lowest BCUT2D eigenvalue weighted by atomic mass is 9.97. The van der Waals surface area contributed by atoms with E-state index in [1.54, 1.807) is 30.9 Å². The minimum atomic E-state index is -1.49. The number of aromatic nitrogens is 4. The van der Waals surface area contributed by atoms with Crippen molar-refractivity contribution in [3.63, 3.8) is 0 Å². The van der Waals surface area contributed by atoms with Crippen LogP contribution in [0.1, 0.15) is 172 Å². The number of carbonyl (C=O) groups excluding carboxylic acids is 13. The molecule has 40 nitrogen and oxygen atoms in total. The second kappa shape index (κ2) is 51.8. The number of primary amides is 1. The van der Waals surface area contributed by atoms with Crippen molar-refractivity contribution in [2.45, 2.75) is 254 Å². The monoisotopic (exact) mass is 1880 g/mol. The lowest BCUT2D eigenvalue weighted by molar-refractivity contribution is -0.143. The Labute approximate surface area is 790 Å². The Morgan fingerprint density at radius 1 is 0.375 bits per heavy atom. The molecule has 0 unspecified atom stereocenters. The van der Waals surface area contributed by atoms with E-state index in [4.69, 9.17) is 51.0 Å². The molecule has 0 aliphatic carbocycles. The molecule has 136 heavy (non-hydrogen) atoms. The Kier molecular flexibility index (Phi) is 39.9. The van der Waals surface area contributed by atoms with E-state index < -0.39 is 155 Å². The van der Waals surface area contributed by atoms with Crippen LogP contribution in [-0.2, 0) is 88.0 Å². The van der Waals surface area contributed by atoms with Crippen molar-refractivity contribution in [1.82, 2.24) is 93.5 Å². The third-order valence-electron chi connectivity index (χ3n) is 25.5. The molecule has 2 saturated heterocycles. The molecular formula is C96H139N27O13. The Bertz CT molecular complexity index is 5430. The van der Waals surface area contributed by atoms with Crippen molar-refractivity contribution in [3.8, 4) is 0 Å². The molecule has 6 heterocycles. The van der Waals surface area contributed by atoms with Crippen molar-refractivity contribution in [2.75, 3.05) is 45.8 Å². The lowest BCUT2D eigenvalue weighted by Gasteiger charge is -2.32. The van der Waals surface area contributed by atoms with Gasteiger partial charge in [-0.2, -0.15) is 0 Å². The average Bonchev–Trinajstić information content (AvgIpc) is 1.65. The summed E-state index contributed by atoms with van der Waals surface area (Å²) in [6.45, 7) is 8.59. The summed E-state index contributed by atoms with van der Waals surface area (Å²) in [5.41, 5.74) is 46.3. The molecule has 2 fully saturated rings. The molecule has 4 aromatic heterocycles. The average molecular weight is 1880 g/mol. The van der Waals surface area contributed by atoms with Crippen LogP contribution in [-0.4, -0.2) is 243 Å². The molecule has 736 valence electrons. The summed E-state index contributed by atoms with van der Waals surface area (Å²) in [5, 5.41) is 52.6. The fraction of sp³-hybridized carbons (Fsp3) is 0.510. The maximum Gasteiger partial charge on any atom is 0.246 e. The standard InChI is InChI=1S/C96H139N27O13/c1-5-56(4)81(100)92(134)119-74(46-55(2)3)87(129)115-70(33-15-18-40-98)84(126)113-71(34-16-19-41-99)86(128)120-77(49-59-53-110-67-30-12-8-26-63(59)67)93(135)122-44-22-38-80(122)91(133)118-76(48-58-52-109-66-29-11-7-25-62(58)66)89(131)121-78(50-60-54-111-68-31-13-9-27-64(60)68)94(136)123-45-23-37-79(123)90(132)117-75(47-57-51-108-65-28-10-6-24-61(57)65)88(130)116-73(36-21-43-107-96(104)105)85(127)114-72(35-20-42-106-95(102)103)83(125)112-69(82(101)124)32-14-17-39-97/h6-13,24-31,51-56,69-81,108-111H,5,14-23,32-50,97-100H2,1-4H3,(H2,101,124)(H,112,125)(H,113,126)(H,114,127)(H,115,129)(H,116,130)(H,117,132)(H,118,133)(H,119,134)(H,120,128)(H,121,131)(H4,102,103,106)(H4,104,105,107)/t56-,69-,70-,71-,72-,73-,74-,75-,76-,77-,78-,79-,80-,81-/m0/s1. The first-order chi connectivity index (χ1) is 65.4. The first-order valence-electron chi connectivity index (χ1n) is 47.5. The van der Waals surface area contributed by atoms with Gasteiger partial charge in [0, 0.05) is 120 Å². The number of hydrogen-bond donors (Lipinski definition) is 25. The number of nitrogens with one attached hydrogen (secondary N) is 18. The van der Waals surface area contributed by atoms with Crippen LogP contribution < -0.4 is 104 Å². The molecule has 2 aliphatic rings. The smallest absolute Gasteiger partial charge is 0.246 e. The third-order valence-corrected chi connectivity index (χ3v) is 25.5. The molecule has 14 atom stereocenters. The summed E-state index contributed by atoms with van der Waals surface area (Å²) in [7, 11) is 0. The van der Waals surface area contributed by atoms with Crippen LogP contribution in [0.4, 0.5) is 0 Å². The molecule has 0 saturated carbocycles. The summed E-state index contributed by atoms with van der Waals surface area (Å²) in [4.78, 5) is 211. The number of fused-ring (bicyclic) bond motifs is 4. The Morgan fingerprint density at radius 2 is 0.662 bits per heavy atom. The normalized spacial score (nSPS) is 16.4. The quantitative estimate of drug-likeness (QED) is 0.0146. The number of amides is 13. The number of likely N-dealkylation sites (tertiary alicyclic amines) is 2. The first kappa shape index (κ1) is 105. The summed E-state index contributed by atoms with van der Waals surface area (Å²) in [6, 6.07) is 12.6. The van der Waals surface area contributed by atoms with Gasteiger partial charge in [0.25, 0.3) is 0 Å². The second-order valence-corrected chi connectivity index (χ2v) is 36.0. The number of nitrogens with two attached hydrogens (primary N) is 7. The van der Waals surface area contributed by atoms with Crippen LogP contribution in [0, 0.1) is 22.7 Å². The summed E-state index contributed by atoms with van der Waals surface area (Å²) in [5.74, 6) is -10.5. The van der Waals surface area contributed by atoms with Gasteiger partial charge in [-0.15, -0.1) is 0 Å². The number of para-hydroxylation sites is 4. The predicted octanol–water partition coefficient (Wildman–Crippen LogP) is 1.53. The minimum Gasteiger partial charge on any atom is -0.370 e. The number of benzene rings is 4. The van der Waals surface area contributed by atoms with Gasteiger partial charge < -0.3 is 134 Å². The topological polar surface area (TPSA) is 666 Å². The third kappa shape index (κ3) is 29.5. The summed E-state index contributed by atoms with van der Waals surface area (Å²) < 4.78 is 0. The molecule has 4 aromatic carbocycles. The highest BCUT2D eigenvalue weighted by Crippen LogP contribution is 2.29. The predicted molar refractivity (Wildman–Crippen MR) is 520 cm³/mol. The van der Waals surface area contributed by atoms with Crippen molar-refractivity contribution in [3.05, 3.63) is 144 Å². The summed E-state index contributed by atoms with van der Waals surface area (Å²) in [6.07, 6.45) is 11.0. The van der Waals surface area contributed by atoms with Crippen molar-refractivity contribution < 1.29 is 62.3 Å². The molecule has 40 heteroatoms. The number of H-pyrrole nitrogens is 4. The maximum atomic E-state index is 16.1. The Morgan fingerprint density at radius 3 is 0.978 bits per heavy atom. The summed E-state index contributed by atoms with van der Waals surface area (Å²) >= 11 is 0. The first-order valence-corrected chi connectivity index (χ1v) is 47.5. The van der Waals surface area contributed by atoms with Crippen molar-refractivity contribution >= 4 is 132 Å². The molecule has 13 amide bonds. The number of hydrogen-bond acceptors (Lipinski definition) is 19. The number of guanidine groups is 2. The second-order valence-electron chi connectivity index (χ2n) is 36.0. The highest BCUT2D eigenvalue weighted by molar-refractivity contribution is 6.02. The highest BCUT2D eigenvalue weighted by Gasteiger charge is 2.45. The van der Waals surface area contributed by atoms with Crippen LogP contribution in [0.2, 0.25) is 0 Å². The van der Waals surface area contributed by atoms with Crippen LogP contribution in [0.25, 0.3) is 43.6 Å². The van der Waals surface area contributed by atoms with Gasteiger partial charge in [0.15, 0.2) is 11.9 Å². The zero-order chi connectivity index (χ0) is 98.1. The molecule has 0 radical (unpaired) electrons. The van der Waals surface area contributed by atoms with Crippen LogP contribution in [0.3, 0.4) is 0 Å². The number of carbonyl (C=O) groups is 13. The molecule has 0 bridgehead atoms. The van der Waals surface area contributed by atoms with Gasteiger partial charge >= 0.3 is 0 Å². The maximum absolute atomic E-state index is 16.1. The molecule has 32 N–H and O–H groups in total. The van der Waals surface area contributed by atoms with E-state index in [2.05, 4.69) is 83.7 Å². The minimum absolute atomic E-state index is 0.00000602. The van der Waals surface area contributed by atoms with Gasteiger partial charge in [0.05, 0.1) is 6.04 Å².